The van der Waals surface area contributed by atoms with Crippen molar-refractivity contribution in [3.8, 4) is 0 Å². The summed E-state index contributed by atoms with van der Waals surface area (Å²) < 4.78 is 0. The van der Waals surface area contributed by atoms with E-state index in [1.807, 2.05) is 13.8 Å². The van der Waals surface area contributed by atoms with Gasteiger partial charge in [-0.1, -0.05) is 13.0 Å². The van der Waals surface area contributed by atoms with Crippen LogP contribution in [0.15, 0.2) is 24.3 Å². The molecule has 0 radical (unpaired) electrons. The Labute approximate surface area is 101 Å². The molecule has 0 aromatic heterocycles. The summed E-state index contributed by atoms with van der Waals surface area (Å²) in [7, 11) is 0. The molecule has 4 heteroatoms. The van der Waals surface area contributed by atoms with Gasteiger partial charge in [-0.3, -0.25) is 9.59 Å². The number of carbonyl (C=O) groups is 2. The van der Waals surface area contributed by atoms with Crippen molar-refractivity contribution in [1.82, 2.24) is 5.32 Å². The molecule has 0 bridgehead atoms. The van der Waals surface area contributed by atoms with E-state index in [1.165, 1.54) is 0 Å². The molecule has 0 fully saturated rings. The summed E-state index contributed by atoms with van der Waals surface area (Å²) in [5.74, 6) is -0.153. The Hall–Kier alpha value is -1.84. The molecule has 4 nitrogen and oxygen atoms in total. The highest BCUT2D eigenvalue weighted by Gasteiger charge is 2.06. The first-order chi connectivity index (χ1) is 8.17. The number of anilines is 1. The summed E-state index contributed by atoms with van der Waals surface area (Å²) in [5.41, 5.74) is 1.22. The van der Waals surface area contributed by atoms with Crippen molar-refractivity contribution in [2.45, 2.75) is 26.7 Å². The SMILES string of the molecule is CCCC(=O)Nc1cccc(C(=O)NCC)c1. The minimum absolute atomic E-state index is 0.0273. The molecule has 0 spiro atoms. The van der Waals surface area contributed by atoms with E-state index in [9.17, 15) is 9.59 Å². The van der Waals surface area contributed by atoms with E-state index >= 15 is 0 Å². The molecule has 0 aliphatic rings. The second-order valence-electron chi connectivity index (χ2n) is 3.74. The van der Waals surface area contributed by atoms with E-state index in [2.05, 4.69) is 10.6 Å². The lowest BCUT2D eigenvalue weighted by Gasteiger charge is -2.07. The quantitative estimate of drug-likeness (QED) is 0.820. The van der Waals surface area contributed by atoms with Crippen LogP contribution in [0.3, 0.4) is 0 Å². The molecule has 1 rings (SSSR count). The maximum Gasteiger partial charge on any atom is 0.251 e. The second kappa shape index (κ2) is 6.68. The summed E-state index contributed by atoms with van der Waals surface area (Å²) in [5, 5.41) is 5.48. The van der Waals surface area contributed by atoms with Crippen molar-refractivity contribution in [1.29, 1.82) is 0 Å². The molecule has 0 aliphatic heterocycles. The first-order valence-electron chi connectivity index (χ1n) is 5.85. The van der Waals surface area contributed by atoms with Crippen LogP contribution in [0.4, 0.5) is 5.69 Å². The van der Waals surface area contributed by atoms with Crippen molar-refractivity contribution >= 4 is 17.5 Å². The predicted octanol–water partition coefficient (Wildman–Crippen LogP) is 2.17. The molecule has 1 aromatic rings. The van der Waals surface area contributed by atoms with Crippen LogP contribution in [0, 0.1) is 0 Å². The van der Waals surface area contributed by atoms with Crippen LogP contribution < -0.4 is 10.6 Å². The van der Waals surface area contributed by atoms with Gasteiger partial charge in [-0.2, -0.15) is 0 Å². The van der Waals surface area contributed by atoms with Gasteiger partial charge in [0.2, 0.25) is 5.91 Å². The van der Waals surface area contributed by atoms with Crippen molar-refractivity contribution in [3.63, 3.8) is 0 Å². The Morgan fingerprint density at radius 2 is 2.00 bits per heavy atom. The van der Waals surface area contributed by atoms with E-state index < -0.39 is 0 Å². The van der Waals surface area contributed by atoms with Crippen LogP contribution in [0.2, 0.25) is 0 Å². The first kappa shape index (κ1) is 13.2. The van der Waals surface area contributed by atoms with Crippen molar-refractivity contribution < 1.29 is 9.59 Å². The van der Waals surface area contributed by atoms with E-state index in [4.69, 9.17) is 0 Å². The van der Waals surface area contributed by atoms with Gasteiger partial charge in [-0.05, 0) is 31.5 Å². The van der Waals surface area contributed by atoms with Gasteiger partial charge in [0, 0.05) is 24.2 Å². The average Bonchev–Trinajstić information content (AvgIpc) is 2.30. The third-order valence-electron chi connectivity index (χ3n) is 2.22. The monoisotopic (exact) mass is 234 g/mol. The van der Waals surface area contributed by atoms with Crippen LogP contribution in [-0.2, 0) is 4.79 Å². The highest BCUT2D eigenvalue weighted by Crippen LogP contribution is 2.11. The Balaban J connectivity index is 2.72. The fraction of sp³-hybridized carbons (Fsp3) is 0.385. The van der Waals surface area contributed by atoms with E-state index in [0.717, 1.165) is 6.42 Å². The lowest BCUT2D eigenvalue weighted by molar-refractivity contribution is -0.116. The smallest absolute Gasteiger partial charge is 0.251 e. The van der Waals surface area contributed by atoms with Gasteiger partial charge in [-0.25, -0.2) is 0 Å². The van der Waals surface area contributed by atoms with Crippen LogP contribution in [0.1, 0.15) is 37.0 Å². The average molecular weight is 234 g/mol. The number of carbonyl (C=O) groups excluding carboxylic acids is 2. The third kappa shape index (κ3) is 4.26. The van der Waals surface area contributed by atoms with Gasteiger partial charge in [-0.15, -0.1) is 0 Å². The van der Waals surface area contributed by atoms with Crippen molar-refractivity contribution in [2.24, 2.45) is 0 Å². The zero-order chi connectivity index (χ0) is 12.7. The summed E-state index contributed by atoms with van der Waals surface area (Å²) in [6.07, 6.45) is 1.30. The van der Waals surface area contributed by atoms with E-state index in [-0.39, 0.29) is 11.8 Å². The van der Waals surface area contributed by atoms with Gasteiger partial charge >= 0.3 is 0 Å². The van der Waals surface area contributed by atoms with E-state index in [1.54, 1.807) is 24.3 Å². The molecular weight excluding hydrogens is 216 g/mol. The maximum atomic E-state index is 11.6. The van der Waals surface area contributed by atoms with Crippen LogP contribution in [0.25, 0.3) is 0 Å². The van der Waals surface area contributed by atoms with Crippen molar-refractivity contribution in [2.75, 3.05) is 11.9 Å². The molecule has 0 saturated heterocycles. The highest BCUT2D eigenvalue weighted by molar-refractivity contribution is 5.97. The molecule has 2 N–H and O–H groups in total. The molecule has 0 atom stereocenters. The fourth-order valence-corrected chi connectivity index (χ4v) is 1.45. The van der Waals surface area contributed by atoms with Crippen LogP contribution >= 0.6 is 0 Å². The molecular formula is C13H18N2O2. The Bertz CT molecular complexity index is 402. The minimum Gasteiger partial charge on any atom is -0.352 e. The van der Waals surface area contributed by atoms with Crippen LogP contribution in [0.5, 0.6) is 0 Å². The standard InChI is InChI=1S/C13H18N2O2/c1-3-6-12(16)15-11-8-5-7-10(9-11)13(17)14-4-2/h5,7-9H,3-4,6H2,1-2H3,(H,14,17)(H,15,16). The second-order valence-corrected chi connectivity index (χ2v) is 3.74. The minimum atomic E-state index is -0.126. The Morgan fingerprint density at radius 3 is 2.65 bits per heavy atom. The molecule has 17 heavy (non-hydrogen) atoms. The first-order valence-corrected chi connectivity index (χ1v) is 5.85. The Kier molecular flexibility index (Phi) is 5.20. The normalized spacial score (nSPS) is 9.76. The molecule has 0 unspecified atom stereocenters. The lowest BCUT2D eigenvalue weighted by Crippen LogP contribution is -2.22. The topological polar surface area (TPSA) is 58.2 Å². The number of nitrogens with one attached hydrogen (secondary N) is 2. The van der Waals surface area contributed by atoms with Gasteiger partial charge in [0.1, 0.15) is 0 Å². The summed E-state index contributed by atoms with van der Waals surface area (Å²) in [6, 6.07) is 6.93. The molecule has 92 valence electrons. The highest BCUT2D eigenvalue weighted by atomic mass is 16.2. The largest absolute Gasteiger partial charge is 0.352 e. The summed E-state index contributed by atoms with van der Waals surface area (Å²) in [6.45, 7) is 4.40. The zero-order valence-corrected chi connectivity index (χ0v) is 10.2. The summed E-state index contributed by atoms with van der Waals surface area (Å²) in [4.78, 5) is 23.0. The van der Waals surface area contributed by atoms with Crippen molar-refractivity contribution in [3.05, 3.63) is 29.8 Å². The third-order valence-corrected chi connectivity index (χ3v) is 2.22. The molecule has 0 aliphatic carbocycles. The summed E-state index contributed by atoms with van der Waals surface area (Å²) >= 11 is 0. The zero-order valence-electron chi connectivity index (χ0n) is 10.2. The predicted molar refractivity (Wildman–Crippen MR) is 68.0 cm³/mol. The van der Waals surface area contributed by atoms with Gasteiger partial charge in [0.05, 0.1) is 0 Å². The van der Waals surface area contributed by atoms with Gasteiger partial charge in [0.15, 0.2) is 0 Å². The molecule has 0 heterocycles. The van der Waals surface area contributed by atoms with Gasteiger partial charge in [0.25, 0.3) is 5.91 Å². The number of rotatable bonds is 5. The lowest BCUT2D eigenvalue weighted by atomic mass is 10.2. The molecule has 2 amide bonds. The Morgan fingerprint density at radius 1 is 1.24 bits per heavy atom. The molecule has 1 aromatic carbocycles. The number of hydrogen-bond acceptors (Lipinski definition) is 2. The van der Waals surface area contributed by atoms with E-state index in [0.29, 0.717) is 24.2 Å². The number of amides is 2. The fourth-order valence-electron chi connectivity index (χ4n) is 1.45. The maximum absolute atomic E-state index is 11.6. The number of hydrogen-bond donors (Lipinski definition) is 2. The molecule has 0 saturated carbocycles. The number of benzene rings is 1. The van der Waals surface area contributed by atoms with Crippen LogP contribution in [-0.4, -0.2) is 18.4 Å². The van der Waals surface area contributed by atoms with Gasteiger partial charge < -0.3 is 10.6 Å².